The van der Waals surface area contributed by atoms with Gasteiger partial charge in [-0.2, -0.15) is 0 Å². The Morgan fingerprint density at radius 2 is 2.33 bits per heavy atom. The lowest BCUT2D eigenvalue weighted by Gasteiger charge is -2.00. The smallest absolute Gasteiger partial charge is 0.210 e. The minimum absolute atomic E-state index is 0. The Labute approximate surface area is 60.6 Å². The third-order valence-corrected chi connectivity index (χ3v) is 0.488. The molecule has 4 nitrogen and oxygen atoms in total. The van der Waals surface area contributed by atoms with Crippen LogP contribution in [0.1, 0.15) is 13.3 Å². The first-order valence-electron chi connectivity index (χ1n) is 2.49. The molecule has 0 aliphatic carbocycles. The Morgan fingerprint density at radius 1 is 1.78 bits per heavy atom. The van der Waals surface area contributed by atoms with Crippen LogP contribution in [0.15, 0.2) is 0 Å². The molecule has 0 aromatic rings. The van der Waals surface area contributed by atoms with Crippen molar-refractivity contribution in [3.8, 4) is 0 Å². The number of nitrogens with one attached hydrogen (secondary N) is 2. The van der Waals surface area contributed by atoms with Crippen LogP contribution in [0.5, 0.6) is 0 Å². The van der Waals surface area contributed by atoms with E-state index in [4.69, 9.17) is 11.1 Å². The van der Waals surface area contributed by atoms with Gasteiger partial charge in [0.1, 0.15) is 0 Å². The summed E-state index contributed by atoms with van der Waals surface area (Å²) in [4.78, 5) is 4.64. The molecule has 0 bridgehead atoms. The zero-order chi connectivity index (χ0) is 6.41. The van der Waals surface area contributed by atoms with Gasteiger partial charge in [0.05, 0.1) is 6.61 Å². The van der Waals surface area contributed by atoms with E-state index in [-0.39, 0.29) is 18.4 Å². The molecule has 0 amide bonds. The molecule has 0 aliphatic heterocycles. The highest BCUT2D eigenvalue weighted by Gasteiger charge is 1.82. The zero-order valence-corrected chi connectivity index (χ0v) is 6.12. The summed E-state index contributed by atoms with van der Waals surface area (Å²) in [6.45, 7) is 2.56. The first-order chi connectivity index (χ1) is 3.77. The van der Waals surface area contributed by atoms with Crippen molar-refractivity contribution in [3.05, 3.63) is 0 Å². The first kappa shape index (κ1) is 11.3. The maximum atomic E-state index is 6.61. The highest BCUT2D eigenvalue weighted by Crippen LogP contribution is 1.72. The summed E-state index contributed by atoms with van der Waals surface area (Å²) in [5.41, 5.74) is 7.09. The van der Waals surface area contributed by atoms with Gasteiger partial charge in [-0.3, -0.25) is 10.2 Å². The fourth-order valence-corrected chi connectivity index (χ4v) is 0.231. The summed E-state index contributed by atoms with van der Waals surface area (Å²) in [5, 5.41) is 6.61. The van der Waals surface area contributed by atoms with Crippen molar-refractivity contribution in [2.45, 2.75) is 13.3 Å². The van der Waals surface area contributed by atoms with Crippen LogP contribution in [0.25, 0.3) is 0 Å². The number of halogens is 1. The molecule has 0 spiro atoms. The second-order valence-electron chi connectivity index (χ2n) is 1.36. The number of rotatable bonds is 3. The number of hydrogen-bond donors (Lipinski definition) is 3. The van der Waals surface area contributed by atoms with Gasteiger partial charge in [0.25, 0.3) is 0 Å². The highest BCUT2D eigenvalue weighted by molar-refractivity contribution is 5.85. The number of hydroxylamine groups is 1. The van der Waals surface area contributed by atoms with Crippen LogP contribution >= 0.6 is 12.4 Å². The van der Waals surface area contributed by atoms with E-state index >= 15 is 0 Å². The third kappa shape index (κ3) is 11.2. The molecule has 5 heteroatoms. The molecule has 0 atom stereocenters. The maximum Gasteiger partial charge on any atom is 0.210 e. The third-order valence-electron chi connectivity index (χ3n) is 0.488. The lowest BCUT2D eigenvalue weighted by atomic mass is 10.5. The zero-order valence-electron chi connectivity index (χ0n) is 5.31. The van der Waals surface area contributed by atoms with E-state index in [2.05, 4.69) is 10.3 Å². The van der Waals surface area contributed by atoms with Gasteiger partial charge < -0.3 is 5.73 Å². The molecule has 0 radical (unpaired) electrons. The lowest BCUT2D eigenvalue weighted by molar-refractivity contribution is 0.0842. The van der Waals surface area contributed by atoms with E-state index in [9.17, 15) is 0 Å². The van der Waals surface area contributed by atoms with E-state index in [0.29, 0.717) is 6.61 Å². The van der Waals surface area contributed by atoms with E-state index in [1.807, 2.05) is 6.92 Å². The maximum absolute atomic E-state index is 6.61. The summed E-state index contributed by atoms with van der Waals surface area (Å²) in [7, 11) is 0. The van der Waals surface area contributed by atoms with Crippen molar-refractivity contribution < 1.29 is 4.84 Å². The van der Waals surface area contributed by atoms with Crippen LogP contribution in [-0.2, 0) is 4.84 Å². The van der Waals surface area contributed by atoms with Gasteiger partial charge in [0.2, 0.25) is 5.96 Å². The molecule has 0 aromatic heterocycles. The predicted molar refractivity (Wildman–Crippen MR) is 38.5 cm³/mol. The normalized spacial score (nSPS) is 7.67. The molecule has 0 rings (SSSR count). The summed E-state index contributed by atoms with van der Waals surface area (Å²) in [6.07, 6.45) is 0.917. The first-order valence-corrected chi connectivity index (χ1v) is 2.49. The van der Waals surface area contributed by atoms with Gasteiger partial charge in [-0.05, 0) is 6.42 Å². The standard InChI is InChI=1S/C4H11N3O.ClH/c1-2-3-8-7-4(5)6;/h2-3H2,1H3,(H4,5,6,7);1H. The Hall–Kier alpha value is -0.480. The number of nitrogens with two attached hydrogens (primary N) is 1. The van der Waals surface area contributed by atoms with Gasteiger partial charge in [-0.25, -0.2) is 5.48 Å². The van der Waals surface area contributed by atoms with Crippen molar-refractivity contribution in [3.63, 3.8) is 0 Å². The van der Waals surface area contributed by atoms with Crippen LogP contribution in [0, 0.1) is 5.41 Å². The molecular weight excluding hydrogens is 142 g/mol. The van der Waals surface area contributed by atoms with Crippen molar-refractivity contribution in [2.75, 3.05) is 6.61 Å². The molecule has 0 aromatic carbocycles. The van der Waals surface area contributed by atoms with Crippen LogP contribution in [0.2, 0.25) is 0 Å². The molecule has 0 saturated carbocycles. The van der Waals surface area contributed by atoms with Gasteiger partial charge in [-0.15, -0.1) is 12.4 Å². The van der Waals surface area contributed by atoms with Crippen LogP contribution in [0.4, 0.5) is 0 Å². The summed E-state index contributed by atoms with van der Waals surface area (Å²) < 4.78 is 0. The summed E-state index contributed by atoms with van der Waals surface area (Å²) in [5.74, 6) is -0.154. The minimum atomic E-state index is -0.154. The van der Waals surface area contributed by atoms with Crippen LogP contribution < -0.4 is 11.2 Å². The molecular formula is C4H12ClN3O. The molecule has 0 aliphatic rings. The average molecular weight is 154 g/mol. The summed E-state index contributed by atoms with van der Waals surface area (Å²) in [6, 6.07) is 0. The molecule has 4 N–H and O–H groups in total. The van der Waals surface area contributed by atoms with Crippen molar-refractivity contribution in [2.24, 2.45) is 5.73 Å². The van der Waals surface area contributed by atoms with Gasteiger partial charge in [0.15, 0.2) is 0 Å². The van der Waals surface area contributed by atoms with E-state index in [1.165, 1.54) is 0 Å². The van der Waals surface area contributed by atoms with Crippen LogP contribution in [-0.4, -0.2) is 12.6 Å². The van der Waals surface area contributed by atoms with Crippen molar-refractivity contribution in [1.82, 2.24) is 5.48 Å². The Kier molecular flexibility index (Phi) is 9.47. The Morgan fingerprint density at radius 3 is 2.67 bits per heavy atom. The lowest BCUT2D eigenvalue weighted by Crippen LogP contribution is -2.30. The molecule has 0 saturated heterocycles. The Bertz CT molecular complexity index is 78.2. The topological polar surface area (TPSA) is 71.1 Å². The van der Waals surface area contributed by atoms with Crippen LogP contribution in [0.3, 0.4) is 0 Å². The molecule has 56 valence electrons. The van der Waals surface area contributed by atoms with Gasteiger partial charge in [-0.1, -0.05) is 6.92 Å². The Balaban J connectivity index is 0. The molecule has 0 unspecified atom stereocenters. The van der Waals surface area contributed by atoms with Gasteiger partial charge in [0, 0.05) is 0 Å². The monoisotopic (exact) mass is 153 g/mol. The van der Waals surface area contributed by atoms with E-state index in [0.717, 1.165) is 6.42 Å². The molecule has 9 heavy (non-hydrogen) atoms. The SMILES string of the molecule is CCCONC(=N)N.Cl. The molecule has 0 heterocycles. The average Bonchev–Trinajstić information content (AvgIpc) is 1.66. The second kappa shape index (κ2) is 7.52. The summed E-state index contributed by atoms with van der Waals surface area (Å²) >= 11 is 0. The van der Waals surface area contributed by atoms with Gasteiger partial charge >= 0.3 is 0 Å². The van der Waals surface area contributed by atoms with E-state index < -0.39 is 0 Å². The molecule has 0 fully saturated rings. The highest BCUT2D eigenvalue weighted by atomic mass is 35.5. The largest absolute Gasteiger partial charge is 0.368 e. The van der Waals surface area contributed by atoms with Crippen molar-refractivity contribution >= 4 is 18.4 Å². The van der Waals surface area contributed by atoms with E-state index in [1.54, 1.807) is 0 Å². The second-order valence-corrected chi connectivity index (χ2v) is 1.36. The van der Waals surface area contributed by atoms with Crippen molar-refractivity contribution in [1.29, 1.82) is 5.41 Å². The predicted octanol–water partition coefficient (Wildman–Crippen LogP) is 0.233. The fraction of sp³-hybridized carbons (Fsp3) is 0.750. The quantitative estimate of drug-likeness (QED) is 0.235. The number of guanidine groups is 1. The fourth-order valence-electron chi connectivity index (χ4n) is 0.231. The number of hydrogen-bond acceptors (Lipinski definition) is 2. The minimum Gasteiger partial charge on any atom is -0.368 e.